The van der Waals surface area contributed by atoms with Gasteiger partial charge in [0.15, 0.2) is 0 Å². The Morgan fingerprint density at radius 1 is 1.22 bits per heavy atom. The molecule has 1 aliphatic rings. The van der Waals surface area contributed by atoms with Gasteiger partial charge in [-0.1, -0.05) is 24.3 Å². The van der Waals surface area contributed by atoms with E-state index in [-0.39, 0.29) is 23.7 Å². The molecule has 1 aliphatic heterocycles. The summed E-state index contributed by atoms with van der Waals surface area (Å²) in [6.07, 6.45) is -4.48. The number of urea groups is 1. The number of nitrogens with zero attached hydrogens (tertiary/aromatic N) is 1. The standard InChI is InChI=1S/C19H18F3N3O2/c1-12-6-7-13(10-16(12)25-9-8-23-18(25)27)17(26)24-11-14-4-2-3-5-15(14)19(20,21)22/h2-7,10H,8-9,11H2,1H3,(H,23,27)(H,24,26). The molecule has 1 fully saturated rings. The summed E-state index contributed by atoms with van der Waals surface area (Å²) in [5.74, 6) is -0.507. The molecule has 2 aromatic carbocycles. The Labute approximate surface area is 154 Å². The number of hydrogen-bond donors (Lipinski definition) is 2. The number of aryl methyl sites for hydroxylation is 1. The first kappa shape index (κ1) is 18.8. The van der Waals surface area contributed by atoms with Crippen LogP contribution in [0.1, 0.15) is 27.0 Å². The zero-order valence-electron chi connectivity index (χ0n) is 14.6. The molecule has 0 spiro atoms. The predicted octanol–water partition coefficient (Wildman–Crippen LogP) is 3.47. The van der Waals surface area contributed by atoms with Crippen LogP contribution in [0.5, 0.6) is 0 Å². The van der Waals surface area contributed by atoms with Gasteiger partial charge in [-0.25, -0.2) is 4.79 Å². The number of anilines is 1. The zero-order valence-corrected chi connectivity index (χ0v) is 14.6. The van der Waals surface area contributed by atoms with Gasteiger partial charge in [0.1, 0.15) is 0 Å². The van der Waals surface area contributed by atoms with Gasteiger partial charge in [-0.15, -0.1) is 0 Å². The van der Waals surface area contributed by atoms with Gasteiger partial charge in [-0.3, -0.25) is 9.69 Å². The molecule has 5 nitrogen and oxygen atoms in total. The van der Waals surface area contributed by atoms with E-state index >= 15 is 0 Å². The Morgan fingerprint density at radius 3 is 2.63 bits per heavy atom. The highest BCUT2D eigenvalue weighted by molar-refractivity contribution is 5.99. The number of alkyl halides is 3. The summed E-state index contributed by atoms with van der Waals surface area (Å²) in [5, 5.41) is 5.21. The zero-order chi connectivity index (χ0) is 19.6. The topological polar surface area (TPSA) is 61.4 Å². The highest BCUT2D eigenvalue weighted by Crippen LogP contribution is 2.31. The van der Waals surface area contributed by atoms with Crippen molar-refractivity contribution in [1.29, 1.82) is 0 Å². The Balaban J connectivity index is 1.77. The van der Waals surface area contributed by atoms with E-state index in [9.17, 15) is 22.8 Å². The van der Waals surface area contributed by atoms with Crippen LogP contribution in [0.2, 0.25) is 0 Å². The summed E-state index contributed by atoms with van der Waals surface area (Å²) in [6.45, 7) is 2.58. The van der Waals surface area contributed by atoms with Gasteiger partial charge in [-0.05, 0) is 36.2 Å². The summed E-state index contributed by atoms with van der Waals surface area (Å²) >= 11 is 0. The van der Waals surface area contributed by atoms with Crippen molar-refractivity contribution >= 4 is 17.6 Å². The minimum absolute atomic E-state index is 0.00962. The molecule has 0 aliphatic carbocycles. The van der Waals surface area contributed by atoms with E-state index < -0.39 is 17.6 Å². The van der Waals surface area contributed by atoms with Gasteiger partial charge < -0.3 is 10.6 Å². The summed E-state index contributed by atoms with van der Waals surface area (Å²) in [5.41, 5.74) is 0.924. The SMILES string of the molecule is Cc1ccc(C(=O)NCc2ccccc2C(F)(F)F)cc1N1CCNC1=O. The van der Waals surface area contributed by atoms with Gasteiger partial charge in [0.05, 0.1) is 5.56 Å². The molecule has 3 rings (SSSR count). The molecule has 1 heterocycles. The van der Waals surface area contributed by atoms with Crippen LogP contribution in [-0.2, 0) is 12.7 Å². The summed E-state index contributed by atoms with van der Waals surface area (Å²) in [6, 6.07) is 9.74. The molecule has 3 amide bonds. The van der Waals surface area contributed by atoms with Crippen molar-refractivity contribution in [2.75, 3.05) is 18.0 Å². The predicted molar refractivity (Wildman–Crippen MR) is 94.5 cm³/mol. The molecule has 2 aromatic rings. The van der Waals surface area contributed by atoms with E-state index in [2.05, 4.69) is 10.6 Å². The van der Waals surface area contributed by atoms with Gasteiger partial charge in [0, 0.05) is 30.9 Å². The Morgan fingerprint density at radius 2 is 1.96 bits per heavy atom. The number of amides is 3. The molecular formula is C19H18F3N3O2. The van der Waals surface area contributed by atoms with Crippen LogP contribution in [0.25, 0.3) is 0 Å². The molecule has 0 unspecified atom stereocenters. The molecule has 0 bridgehead atoms. The molecule has 1 saturated heterocycles. The minimum Gasteiger partial charge on any atom is -0.348 e. The van der Waals surface area contributed by atoms with Crippen molar-refractivity contribution in [3.05, 3.63) is 64.7 Å². The fraction of sp³-hybridized carbons (Fsp3) is 0.263. The number of carbonyl (C=O) groups is 2. The van der Waals surface area contributed by atoms with Crippen LogP contribution in [0.4, 0.5) is 23.7 Å². The molecule has 0 aromatic heterocycles. The third-order valence-corrected chi connectivity index (χ3v) is 4.38. The van der Waals surface area contributed by atoms with Crippen molar-refractivity contribution in [1.82, 2.24) is 10.6 Å². The molecule has 27 heavy (non-hydrogen) atoms. The number of hydrogen-bond acceptors (Lipinski definition) is 2. The van der Waals surface area contributed by atoms with Crippen molar-refractivity contribution in [3.8, 4) is 0 Å². The maximum absolute atomic E-state index is 13.0. The van der Waals surface area contributed by atoms with Gasteiger partial charge >= 0.3 is 12.2 Å². The summed E-state index contributed by atoms with van der Waals surface area (Å²) in [4.78, 5) is 25.8. The second-order valence-corrected chi connectivity index (χ2v) is 6.22. The number of nitrogens with one attached hydrogen (secondary N) is 2. The number of carbonyl (C=O) groups excluding carboxylic acids is 2. The molecule has 0 atom stereocenters. The highest BCUT2D eigenvalue weighted by atomic mass is 19.4. The van der Waals surface area contributed by atoms with E-state index in [0.29, 0.717) is 18.8 Å². The lowest BCUT2D eigenvalue weighted by Gasteiger charge is -2.18. The maximum atomic E-state index is 13.0. The number of rotatable bonds is 4. The molecule has 142 valence electrons. The smallest absolute Gasteiger partial charge is 0.348 e. The third-order valence-electron chi connectivity index (χ3n) is 4.38. The van der Waals surface area contributed by atoms with Crippen LogP contribution >= 0.6 is 0 Å². The Hall–Kier alpha value is -3.03. The van der Waals surface area contributed by atoms with E-state index in [1.54, 1.807) is 18.2 Å². The van der Waals surface area contributed by atoms with Crippen molar-refractivity contribution < 1.29 is 22.8 Å². The van der Waals surface area contributed by atoms with Crippen molar-refractivity contribution in [3.63, 3.8) is 0 Å². The van der Waals surface area contributed by atoms with E-state index in [0.717, 1.165) is 11.6 Å². The lowest BCUT2D eigenvalue weighted by molar-refractivity contribution is -0.138. The van der Waals surface area contributed by atoms with E-state index in [1.165, 1.54) is 23.1 Å². The normalized spacial score (nSPS) is 14.2. The number of halogens is 3. The van der Waals surface area contributed by atoms with Gasteiger partial charge in [0.25, 0.3) is 5.91 Å². The monoisotopic (exact) mass is 377 g/mol. The molecule has 0 saturated carbocycles. The fourth-order valence-corrected chi connectivity index (χ4v) is 2.97. The van der Waals surface area contributed by atoms with E-state index in [4.69, 9.17) is 0 Å². The first-order chi connectivity index (χ1) is 12.8. The van der Waals surface area contributed by atoms with Crippen LogP contribution < -0.4 is 15.5 Å². The number of benzene rings is 2. The second-order valence-electron chi connectivity index (χ2n) is 6.22. The van der Waals surface area contributed by atoms with E-state index in [1.807, 2.05) is 6.92 Å². The highest BCUT2D eigenvalue weighted by Gasteiger charge is 2.32. The largest absolute Gasteiger partial charge is 0.416 e. The average molecular weight is 377 g/mol. The molecule has 0 radical (unpaired) electrons. The van der Waals surface area contributed by atoms with Crippen molar-refractivity contribution in [2.45, 2.75) is 19.6 Å². The third kappa shape index (κ3) is 4.05. The maximum Gasteiger partial charge on any atom is 0.416 e. The average Bonchev–Trinajstić information content (AvgIpc) is 3.05. The Kier molecular flexibility index (Phi) is 5.07. The summed E-state index contributed by atoms with van der Waals surface area (Å²) in [7, 11) is 0. The first-order valence-corrected chi connectivity index (χ1v) is 8.36. The molecule has 8 heteroatoms. The van der Waals surface area contributed by atoms with Gasteiger partial charge in [0.2, 0.25) is 0 Å². The lowest BCUT2D eigenvalue weighted by atomic mass is 10.1. The second kappa shape index (κ2) is 7.30. The molecule has 2 N–H and O–H groups in total. The van der Waals surface area contributed by atoms with Gasteiger partial charge in [-0.2, -0.15) is 13.2 Å². The molecular weight excluding hydrogens is 359 g/mol. The quantitative estimate of drug-likeness (QED) is 0.857. The Bertz CT molecular complexity index is 881. The minimum atomic E-state index is -4.48. The fourth-order valence-electron chi connectivity index (χ4n) is 2.97. The van der Waals surface area contributed by atoms with Crippen LogP contribution in [0, 0.1) is 6.92 Å². The van der Waals surface area contributed by atoms with Crippen LogP contribution in [-0.4, -0.2) is 25.0 Å². The van der Waals surface area contributed by atoms with Crippen LogP contribution in [0.15, 0.2) is 42.5 Å². The lowest BCUT2D eigenvalue weighted by Crippen LogP contribution is -2.29. The first-order valence-electron chi connectivity index (χ1n) is 8.36. The van der Waals surface area contributed by atoms with Crippen LogP contribution in [0.3, 0.4) is 0 Å². The summed E-state index contributed by atoms with van der Waals surface area (Å²) < 4.78 is 39.1. The van der Waals surface area contributed by atoms with Crippen molar-refractivity contribution in [2.24, 2.45) is 0 Å².